The summed E-state index contributed by atoms with van der Waals surface area (Å²) >= 11 is 6.37. The van der Waals surface area contributed by atoms with Gasteiger partial charge in [0, 0.05) is 0 Å². The topological polar surface area (TPSA) is 149 Å². The number of rotatable bonds is 6. The predicted octanol–water partition coefficient (Wildman–Crippen LogP) is 4.02. The highest BCUT2D eigenvalue weighted by Crippen LogP contribution is 2.26. The SMILES string of the molecule is CC(C)OC(=O)c1cccc(-n2c([C@H](C)Nc3nc(N)ncc3C#N)nc3cccc(Cl)c3c2=O)c1. The molecular formula is C25H22ClN7O3. The van der Waals surface area contributed by atoms with Gasteiger partial charge in [-0.2, -0.15) is 10.2 Å². The summed E-state index contributed by atoms with van der Waals surface area (Å²) in [5, 5.41) is 13.0. The Bertz CT molecular complexity index is 1580. The Labute approximate surface area is 211 Å². The van der Waals surface area contributed by atoms with Crippen molar-refractivity contribution in [2.75, 3.05) is 11.1 Å². The molecule has 4 aromatic rings. The van der Waals surface area contributed by atoms with E-state index in [1.807, 2.05) is 6.07 Å². The normalized spacial score (nSPS) is 11.8. The fourth-order valence-corrected chi connectivity index (χ4v) is 3.91. The Balaban J connectivity index is 1.91. The van der Waals surface area contributed by atoms with E-state index in [1.165, 1.54) is 10.8 Å². The highest BCUT2D eigenvalue weighted by molar-refractivity contribution is 6.35. The maximum atomic E-state index is 13.8. The van der Waals surface area contributed by atoms with E-state index < -0.39 is 17.6 Å². The van der Waals surface area contributed by atoms with Crippen LogP contribution in [0.15, 0.2) is 53.5 Å². The standard InChI is InChI=1S/C25H22ClN7O3/c1-13(2)36-24(35)15-6-4-7-17(10-15)33-22(31-19-9-5-8-18(26)20(19)23(33)34)14(3)30-21-16(11-27)12-29-25(28)32-21/h4-10,12-14H,1-3H3,(H3,28,29,30,32)/t14-/m0/s1. The molecular weight excluding hydrogens is 482 g/mol. The first-order valence-electron chi connectivity index (χ1n) is 11.0. The second-order valence-corrected chi connectivity index (χ2v) is 8.62. The van der Waals surface area contributed by atoms with Gasteiger partial charge in [0.05, 0.1) is 45.5 Å². The lowest BCUT2D eigenvalue weighted by molar-refractivity contribution is 0.0378. The summed E-state index contributed by atoms with van der Waals surface area (Å²) in [6.07, 6.45) is 1.00. The number of ether oxygens (including phenoxy) is 1. The van der Waals surface area contributed by atoms with E-state index in [0.29, 0.717) is 17.0 Å². The van der Waals surface area contributed by atoms with Crippen molar-refractivity contribution >= 4 is 40.2 Å². The van der Waals surface area contributed by atoms with E-state index >= 15 is 0 Å². The molecule has 182 valence electrons. The average molecular weight is 504 g/mol. The number of carbonyl (C=O) groups is 1. The number of benzene rings is 2. The van der Waals surface area contributed by atoms with Crippen molar-refractivity contribution in [1.29, 1.82) is 5.26 Å². The molecule has 2 aromatic carbocycles. The first-order chi connectivity index (χ1) is 17.2. The molecule has 0 aliphatic rings. The highest BCUT2D eigenvalue weighted by Gasteiger charge is 2.22. The van der Waals surface area contributed by atoms with Gasteiger partial charge in [0.2, 0.25) is 5.95 Å². The molecule has 0 aliphatic carbocycles. The lowest BCUT2D eigenvalue weighted by Crippen LogP contribution is -2.28. The number of nitriles is 1. The Morgan fingerprint density at radius 1 is 1.19 bits per heavy atom. The van der Waals surface area contributed by atoms with E-state index in [2.05, 4.69) is 15.3 Å². The van der Waals surface area contributed by atoms with Crippen LogP contribution in [0.4, 0.5) is 11.8 Å². The number of nitrogens with one attached hydrogen (secondary N) is 1. The molecule has 10 nitrogen and oxygen atoms in total. The van der Waals surface area contributed by atoms with Gasteiger partial charge < -0.3 is 15.8 Å². The molecule has 2 aromatic heterocycles. The van der Waals surface area contributed by atoms with Crippen molar-refractivity contribution in [2.24, 2.45) is 0 Å². The molecule has 0 saturated heterocycles. The summed E-state index contributed by atoms with van der Waals surface area (Å²) < 4.78 is 6.68. The number of carbonyl (C=O) groups excluding carboxylic acids is 1. The highest BCUT2D eigenvalue weighted by atomic mass is 35.5. The first-order valence-corrected chi connectivity index (χ1v) is 11.4. The summed E-state index contributed by atoms with van der Waals surface area (Å²) in [5.74, 6) is -0.0470. The molecule has 1 atom stereocenters. The van der Waals surface area contributed by atoms with Crippen LogP contribution in [0.25, 0.3) is 16.6 Å². The number of hydrogen-bond donors (Lipinski definition) is 2. The van der Waals surface area contributed by atoms with E-state index in [0.717, 1.165) is 0 Å². The summed E-state index contributed by atoms with van der Waals surface area (Å²) in [5.41, 5.74) is 6.51. The predicted molar refractivity (Wildman–Crippen MR) is 136 cm³/mol. The number of hydrogen-bond acceptors (Lipinski definition) is 9. The molecule has 2 heterocycles. The third-order valence-corrected chi connectivity index (χ3v) is 5.54. The van der Waals surface area contributed by atoms with Crippen molar-refractivity contribution in [3.05, 3.63) is 81.0 Å². The molecule has 4 rings (SSSR count). The van der Waals surface area contributed by atoms with Crippen molar-refractivity contribution in [2.45, 2.75) is 32.9 Å². The minimum Gasteiger partial charge on any atom is -0.459 e. The molecule has 0 fully saturated rings. The van der Waals surface area contributed by atoms with Crippen molar-refractivity contribution in [3.8, 4) is 11.8 Å². The van der Waals surface area contributed by atoms with Gasteiger partial charge in [-0.3, -0.25) is 9.36 Å². The minimum absolute atomic E-state index is 0.0179. The van der Waals surface area contributed by atoms with E-state index in [-0.39, 0.29) is 39.4 Å². The monoisotopic (exact) mass is 503 g/mol. The molecule has 0 spiro atoms. The minimum atomic E-state index is -0.631. The zero-order valence-electron chi connectivity index (χ0n) is 19.7. The van der Waals surface area contributed by atoms with Gasteiger partial charge in [-0.15, -0.1) is 0 Å². The Morgan fingerprint density at radius 3 is 2.67 bits per heavy atom. The first kappa shape index (κ1) is 24.6. The third kappa shape index (κ3) is 4.82. The third-order valence-electron chi connectivity index (χ3n) is 5.22. The van der Waals surface area contributed by atoms with Gasteiger partial charge in [0.25, 0.3) is 5.56 Å². The van der Waals surface area contributed by atoms with Gasteiger partial charge in [0.15, 0.2) is 0 Å². The molecule has 11 heteroatoms. The van der Waals surface area contributed by atoms with Crippen molar-refractivity contribution in [1.82, 2.24) is 19.5 Å². The Hall–Kier alpha value is -4.49. The van der Waals surface area contributed by atoms with Crippen LogP contribution in [-0.2, 0) is 4.74 Å². The van der Waals surface area contributed by atoms with Crippen LogP contribution in [0.2, 0.25) is 5.02 Å². The summed E-state index contributed by atoms with van der Waals surface area (Å²) in [6.45, 7) is 5.26. The molecule has 0 unspecified atom stereocenters. The van der Waals surface area contributed by atoms with Crippen LogP contribution < -0.4 is 16.6 Å². The summed E-state index contributed by atoms with van der Waals surface area (Å²) in [6, 6.07) is 12.9. The average Bonchev–Trinajstić information content (AvgIpc) is 2.83. The molecule has 0 amide bonds. The Kier molecular flexibility index (Phi) is 6.85. The lowest BCUT2D eigenvalue weighted by Gasteiger charge is -2.21. The van der Waals surface area contributed by atoms with Gasteiger partial charge in [-0.25, -0.2) is 14.8 Å². The fourth-order valence-electron chi connectivity index (χ4n) is 3.66. The molecule has 3 N–H and O–H groups in total. The second-order valence-electron chi connectivity index (χ2n) is 8.22. The maximum Gasteiger partial charge on any atom is 0.338 e. The molecule has 36 heavy (non-hydrogen) atoms. The van der Waals surface area contributed by atoms with Crippen LogP contribution in [0.5, 0.6) is 0 Å². The zero-order chi connectivity index (χ0) is 26.0. The van der Waals surface area contributed by atoms with Crippen LogP contribution in [0.1, 0.15) is 48.6 Å². The van der Waals surface area contributed by atoms with Crippen LogP contribution in [-0.4, -0.2) is 31.6 Å². The largest absolute Gasteiger partial charge is 0.459 e. The number of fused-ring (bicyclic) bond motifs is 1. The van der Waals surface area contributed by atoms with E-state index in [4.69, 9.17) is 27.1 Å². The number of nitrogen functional groups attached to an aromatic ring is 1. The second kappa shape index (κ2) is 10.0. The molecule has 0 radical (unpaired) electrons. The maximum absolute atomic E-state index is 13.8. The summed E-state index contributed by atoms with van der Waals surface area (Å²) in [7, 11) is 0. The van der Waals surface area contributed by atoms with E-state index in [1.54, 1.807) is 63.2 Å². The van der Waals surface area contributed by atoms with Crippen LogP contribution >= 0.6 is 11.6 Å². The lowest BCUT2D eigenvalue weighted by atomic mass is 10.1. The smallest absolute Gasteiger partial charge is 0.338 e. The fraction of sp³-hybridized carbons (Fsp3) is 0.200. The van der Waals surface area contributed by atoms with Crippen LogP contribution in [0.3, 0.4) is 0 Å². The molecule has 0 bridgehead atoms. The number of esters is 1. The summed E-state index contributed by atoms with van der Waals surface area (Å²) in [4.78, 5) is 39.0. The van der Waals surface area contributed by atoms with Gasteiger partial charge in [-0.05, 0) is 51.1 Å². The van der Waals surface area contributed by atoms with Crippen molar-refractivity contribution < 1.29 is 9.53 Å². The Morgan fingerprint density at radius 2 is 1.94 bits per heavy atom. The number of nitrogens with two attached hydrogens (primary N) is 1. The van der Waals surface area contributed by atoms with Gasteiger partial charge >= 0.3 is 5.97 Å². The number of anilines is 2. The zero-order valence-corrected chi connectivity index (χ0v) is 20.4. The van der Waals surface area contributed by atoms with Crippen LogP contribution in [0, 0.1) is 11.3 Å². The van der Waals surface area contributed by atoms with E-state index in [9.17, 15) is 14.9 Å². The number of nitrogens with zero attached hydrogens (tertiary/aromatic N) is 5. The number of halogens is 1. The molecule has 0 saturated carbocycles. The van der Waals surface area contributed by atoms with Crippen molar-refractivity contribution in [3.63, 3.8) is 0 Å². The quantitative estimate of drug-likeness (QED) is 0.372. The van der Waals surface area contributed by atoms with Gasteiger partial charge in [-0.1, -0.05) is 23.7 Å². The number of aromatic nitrogens is 4. The molecule has 0 aliphatic heterocycles. The van der Waals surface area contributed by atoms with Gasteiger partial charge in [0.1, 0.15) is 23.3 Å².